The van der Waals surface area contributed by atoms with Crippen molar-refractivity contribution >= 4 is 22.1 Å². The van der Waals surface area contributed by atoms with E-state index in [0.717, 1.165) is 92.2 Å². The van der Waals surface area contributed by atoms with Gasteiger partial charge in [-0.15, -0.1) is 11.3 Å². The molecule has 0 unspecified atom stereocenters. The Morgan fingerprint density at radius 3 is 1.46 bits per heavy atom. The van der Waals surface area contributed by atoms with Gasteiger partial charge < -0.3 is 9.47 Å². The summed E-state index contributed by atoms with van der Waals surface area (Å²) in [5.74, 6) is -1.58. The lowest BCUT2D eigenvalue weighted by molar-refractivity contribution is 0.192. The molecule has 2 nitrogen and oxygen atoms in total. The minimum Gasteiger partial charge on any atom is -0.385 e. The van der Waals surface area contributed by atoms with E-state index in [-0.39, 0.29) is 0 Å². The van der Waals surface area contributed by atoms with Crippen LogP contribution in [0.1, 0.15) is 48.3 Å². The summed E-state index contributed by atoms with van der Waals surface area (Å²) < 4.78 is 38.9. The number of hydrogen-bond donors (Lipinski definition) is 0. The molecule has 192 valence electrons. The van der Waals surface area contributed by atoms with Crippen molar-refractivity contribution < 1.29 is 18.3 Å². The van der Waals surface area contributed by atoms with Crippen LogP contribution in [0.2, 0.25) is 0 Å². The second-order valence-corrected chi connectivity index (χ2v) is 11.4. The minimum absolute atomic E-state index is 0.788. The maximum Gasteiger partial charge on any atom is 0.159 e. The van der Waals surface area contributed by atoms with Gasteiger partial charge in [-0.3, -0.25) is 0 Å². The number of methoxy groups -OCH3 is 2. The van der Waals surface area contributed by atoms with E-state index in [1.54, 1.807) is 14.2 Å². The Bertz CT molecular complexity index is 1380. The second-order valence-electron chi connectivity index (χ2n) is 10.2. The van der Waals surface area contributed by atoms with E-state index in [9.17, 15) is 8.78 Å². The Labute approximate surface area is 221 Å². The summed E-state index contributed by atoms with van der Waals surface area (Å²) >= 11 is 1.99. The molecule has 0 radical (unpaired) electrons. The molecular formula is C32H32F2O2S. The Kier molecular flexibility index (Phi) is 6.87. The SMILES string of the molecule is COCCCCCc1sc(CCCCCOC)c2c1-c1ccc3c4c(ccc-2c14)-c1cc(F)c(F)cc1-3. The minimum atomic E-state index is -0.788. The molecule has 2 aliphatic rings. The van der Waals surface area contributed by atoms with Crippen molar-refractivity contribution in [3.05, 3.63) is 57.8 Å². The second kappa shape index (κ2) is 10.3. The maximum absolute atomic E-state index is 14.2. The normalized spacial score (nSPS) is 12.5. The Balaban J connectivity index is 1.43. The molecule has 0 atom stereocenters. The summed E-state index contributed by atoms with van der Waals surface area (Å²) in [6, 6.07) is 11.4. The molecule has 3 aromatic carbocycles. The third-order valence-electron chi connectivity index (χ3n) is 7.90. The van der Waals surface area contributed by atoms with E-state index >= 15 is 0 Å². The van der Waals surface area contributed by atoms with E-state index in [0.29, 0.717) is 0 Å². The lowest BCUT2D eigenvalue weighted by Gasteiger charge is -2.08. The van der Waals surface area contributed by atoms with Crippen molar-refractivity contribution in [2.45, 2.75) is 51.4 Å². The fourth-order valence-corrected chi connectivity index (χ4v) is 7.64. The van der Waals surface area contributed by atoms with Crippen LogP contribution in [0.15, 0.2) is 36.4 Å². The van der Waals surface area contributed by atoms with Gasteiger partial charge in [0.05, 0.1) is 0 Å². The van der Waals surface area contributed by atoms with Gasteiger partial charge in [0.2, 0.25) is 0 Å². The first-order chi connectivity index (χ1) is 18.1. The molecule has 0 spiro atoms. The van der Waals surface area contributed by atoms with Gasteiger partial charge in [-0.05, 0) is 94.8 Å². The van der Waals surface area contributed by atoms with E-state index in [1.807, 2.05) is 11.3 Å². The molecule has 0 amide bonds. The highest BCUT2D eigenvalue weighted by Gasteiger charge is 2.33. The average molecular weight is 519 g/mol. The number of thiophene rings is 1. The fourth-order valence-electron chi connectivity index (χ4n) is 6.22. The number of unbranched alkanes of at least 4 members (excludes halogenated alkanes) is 4. The fraction of sp³-hybridized carbons (Fsp3) is 0.375. The van der Waals surface area contributed by atoms with Crippen LogP contribution in [0, 0.1) is 11.6 Å². The maximum atomic E-state index is 14.2. The van der Waals surface area contributed by atoms with Crippen molar-refractivity contribution in [2.75, 3.05) is 27.4 Å². The monoisotopic (exact) mass is 518 g/mol. The Morgan fingerprint density at radius 2 is 1.00 bits per heavy atom. The number of ether oxygens (including phenoxy) is 2. The van der Waals surface area contributed by atoms with Crippen LogP contribution in [0.25, 0.3) is 55.3 Å². The van der Waals surface area contributed by atoms with Gasteiger partial charge in [-0.2, -0.15) is 0 Å². The number of aryl methyl sites for hydroxylation is 2. The summed E-state index contributed by atoms with van der Waals surface area (Å²) in [7, 11) is 3.53. The van der Waals surface area contributed by atoms with Gasteiger partial charge in [-0.25, -0.2) is 8.78 Å². The van der Waals surface area contributed by atoms with Crippen LogP contribution >= 0.6 is 11.3 Å². The van der Waals surface area contributed by atoms with Crippen molar-refractivity contribution in [1.82, 2.24) is 0 Å². The number of rotatable bonds is 12. The summed E-state index contributed by atoms with van der Waals surface area (Å²) in [5, 5.41) is 2.40. The first-order valence-corrected chi connectivity index (χ1v) is 14.2. The third-order valence-corrected chi connectivity index (χ3v) is 9.21. The number of halogens is 2. The standard InChI is InChI=1S/C32H32F2O2S/c1-35-15-7-3-5-9-27-31-21-13-11-19-23-17-25(33)26(34)18-24(23)20-12-14-22(30(21)29(19)20)32(31)28(37-27)10-6-4-8-16-36-2/h11-14,17-18H,3-10,15-16H2,1-2H3. The van der Waals surface area contributed by atoms with E-state index in [4.69, 9.17) is 9.47 Å². The largest absolute Gasteiger partial charge is 0.385 e. The zero-order valence-electron chi connectivity index (χ0n) is 21.5. The molecule has 0 saturated carbocycles. The van der Waals surface area contributed by atoms with Crippen molar-refractivity contribution in [3.63, 3.8) is 0 Å². The van der Waals surface area contributed by atoms with Gasteiger partial charge >= 0.3 is 0 Å². The molecule has 6 rings (SSSR count). The first-order valence-electron chi connectivity index (χ1n) is 13.4. The summed E-state index contributed by atoms with van der Waals surface area (Å²) in [4.78, 5) is 2.94. The number of hydrogen-bond acceptors (Lipinski definition) is 3. The molecule has 0 N–H and O–H groups in total. The topological polar surface area (TPSA) is 18.5 Å². The smallest absolute Gasteiger partial charge is 0.159 e. The van der Waals surface area contributed by atoms with E-state index in [1.165, 1.54) is 49.5 Å². The highest BCUT2D eigenvalue weighted by molar-refractivity contribution is 7.13. The molecular weight excluding hydrogens is 486 g/mol. The van der Waals surface area contributed by atoms with Crippen LogP contribution in [-0.2, 0) is 22.3 Å². The molecule has 1 aromatic heterocycles. The van der Waals surface area contributed by atoms with Gasteiger partial charge in [0, 0.05) is 48.3 Å². The predicted octanol–water partition coefficient (Wildman–Crippen LogP) is 9.19. The zero-order chi connectivity index (χ0) is 25.5. The van der Waals surface area contributed by atoms with Gasteiger partial charge in [0.1, 0.15) is 0 Å². The van der Waals surface area contributed by atoms with E-state index in [2.05, 4.69) is 24.3 Å². The molecule has 37 heavy (non-hydrogen) atoms. The molecule has 5 heteroatoms. The van der Waals surface area contributed by atoms with Crippen LogP contribution in [0.5, 0.6) is 0 Å². The molecule has 0 fully saturated rings. The highest BCUT2D eigenvalue weighted by atomic mass is 32.1. The number of fused-ring (bicyclic) bond motifs is 6. The van der Waals surface area contributed by atoms with Gasteiger partial charge in [0.15, 0.2) is 11.6 Å². The molecule has 0 aliphatic heterocycles. The highest BCUT2D eigenvalue weighted by Crippen LogP contribution is 2.59. The predicted molar refractivity (Wildman–Crippen MR) is 149 cm³/mol. The molecule has 2 aliphatic carbocycles. The molecule has 1 heterocycles. The third kappa shape index (κ3) is 4.12. The lowest BCUT2D eigenvalue weighted by Crippen LogP contribution is -1.90. The summed E-state index contributed by atoms with van der Waals surface area (Å²) in [6.45, 7) is 1.63. The summed E-state index contributed by atoms with van der Waals surface area (Å²) in [6.07, 6.45) is 8.93. The lowest BCUT2D eigenvalue weighted by atomic mass is 9.97. The zero-order valence-corrected chi connectivity index (χ0v) is 22.3. The quantitative estimate of drug-likeness (QED) is 0.150. The van der Waals surface area contributed by atoms with Crippen LogP contribution in [0.3, 0.4) is 0 Å². The average Bonchev–Trinajstić information content (AvgIpc) is 3.52. The van der Waals surface area contributed by atoms with Crippen molar-refractivity contribution in [1.29, 1.82) is 0 Å². The summed E-state index contributed by atoms with van der Waals surface area (Å²) in [5.41, 5.74) is 8.99. The molecule has 0 bridgehead atoms. The van der Waals surface area contributed by atoms with Crippen LogP contribution < -0.4 is 0 Å². The number of benzene rings is 3. The van der Waals surface area contributed by atoms with Gasteiger partial charge in [0.25, 0.3) is 0 Å². The van der Waals surface area contributed by atoms with E-state index < -0.39 is 11.6 Å². The molecule has 4 aromatic rings. The first kappa shape index (κ1) is 24.7. The van der Waals surface area contributed by atoms with Crippen molar-refractivity contribution in [2.24, 2.45) is 0 Å². The Morgan fingerprint density at radius 1 is 0.568 bits per heavy atom. The van der Waals surface area contributed by atoms with Crippen LogP contribution in [-0.4, -0.2) is 27.4 Å². The van der Waals surface area contributed by atoms with Crippen LogP contribution in [0.4, 0.5) is 8.78 Å². The van der Waals surface area contributed by atoms with Gasteiger partial charge in [-0.1, -0.05) is 37.1 Å². The Hall–Kier alpha value is -2.60. The van der Waals surface area contributed by atoms with Crippen molar-refractivity contribution in [3.8, 4) is 44.5 Å². The molecule has 0 saturated heterocycles.